The van der Waals surface area contributed by atoms with Gasteiger partial charge in [-0.25, -0.2) is 4.79 Å². The molecule has 2 heteroatoms. The number of aryl methyl sites for hydroxylation is 1. The highest BCUT2D eigenvalue weighted by Crippen LogP contribution is 2.09. The lowest BCUT2D eigenvalue weighted by Gasteiger charge is -2.02. The van der Waals surface area contributed by atoms with E-state index in [0.717, 1.165) is 24.2 Å². The molecule has 0 spiro atoms. The fourth-order valence-electron chi connectivity index (χ4n) is 1.70. The van der Waals surface area contributed by atoms with Crippen molar-refractivity contribution in [1.29, 1.82) is 0 Å². The van der Waals surface area contributed by atoms with Crippen LogP contribution in [0, 0.1) is 0 Å². The maximum absolute atomic E-state index is 11.3. The lowest BCUT2D eigenvalue weighted by molar-refractivity contribution is 0.462. The van der Waals surface area contributed by atoms with Gasteiger partial charge >= 0.3 is 5.63 Å². The normalized spacial score (nSPS) is 10.3. The van der Waals surface area contributed by atoms with Gasteiger partial charge in [0.1, 0.15) is 5.76 Å². The topological polar surface area (TPSA) is 30.2 Å². The predicted molar refractivity (Wildman–Crippen MR) is 63.6 cm³/mol. The Morgan fingerprint density at radius 1 is 1.06 bits per heavy atom. The summed E-state index contributed by atoms with van der Waals surface area (Å²) >= 11 is 0. The summed E-state index contributed by atoms with van der Waals surface area (Å²) in [6.45, 7) is 1.98. The smallest absolute Gasteiger partial charge is 0.336 e. The van der Waals surface area contributed by atoms with Crippen LogP contribution in [0.2, 0.25) is 0 Å². The summed E-state index contributed by atoms with van der Waals surface area (Å²) in [7, 11) is 0. The lowest BCUT2D eigenvalue weighted by atomic mass is 10.1. The first kappa shape index (κ1) is 10.7. The third-order valence-electron chi connectivity index (χ3n) is 2.48. The molecule has 1 aromatic heterocycles. The highest BCUT2D eigenvalue weighted by molar-refractivity contribution is 5.25. The van der Waals surface area contributed by atoms with E-state index in [4.69, 9.17) is 4.42 Å². The summed E-state index contributed by atoms with van der Waals surface area (Å²) in [5, 5.41) is 0. The second kappa shape index (κ2) is 4.79. The minimum absolute atomic E-state index is 0.259. The molecule has 0 aliphatic heterocycles. The van der Waals surface area contributed by atoms with Gasteiger partial charge in [0.05, 0.1) is 0 Å². The molecule has 82 valence electrons. The largest absolute Gasteiger partial charge is 0.428 e. The van der Waals surface area contributed by atoms with Crippen molar-refractivity contribution in [3.05, 3.63) is 69.8 Å². The van der Waals surface area contributed by atoms with Gasteiger partial charge < -0.3 is 4.42 Å². The number of rotatable bonds is 3. The van der Waals surface area contributed by atoms with Crippen molar-refractivity contribution < 1.29 is 4.42 Å². The fraction of sp³-hybridized carbons (Fsp3) is 0.214. The summed E-state index contributed by atoms with van der Waals surface area (Å²) < 4.78 is 5.05. The summed E-state index contributed by atoms with van der Waals surface area (Å²) in [5.74, 6) is 0.749. The van der Waals surface area contributed by atoms with Gasteiger partial charge in [0.15, 0.2) is 0 Å². The Balaban J connectivity index is 2.28. The standard InChI is InChI=1S/C14H14O2/c1-2-13-9-12(10-14(15)16-13)8-11-6-4-3-5-7-11/h3-7,9-10H,2,8H2,1H3. The number of hydrogen-bond donors (Lipinski definition) is 0. The number of hydrogen-bond acceptors (Lipinski definition) is 2. The quantitative estimate of drug-likeness (QED) is 0.786. The lowest BCUT2D eigenvalue weighted by Crippen LogP contribution is -2.02. The van der Waals surface area contributed by atoms with Crippen molar-refractivity contribution in [3.63, 3.8) is 0 Å². The molecule has 0 saturated carbocycles. The van der Waals surface area contributed by atoms with E-state index in [1.807, 2.05) is 31.2 Å². The van der Waals surface area contributed by atoms with Crippen LogP contribution in [-0.4, -0.2) is 0 Å². The van der Waals surface area contributed by atoms with Crippen LogP contribution in [0.3, 0.4) is 0 Å². The van der Waals surface area contributed by atoms with Gasteiger partial charge in [-0.3, -0.25) is 0 Å². The fourth-order valence-corrected chi connectivity index (χ4v) is 1.70. The van der Waals surface area contributed by atoms with Gasteiger partial charge in [-0.05, 0) is 23.6 Å². The molecule has 16 heavy (non-hydrogen) atoms. The Labute approximate surface area is 94.5 Å². The summed E-state index contributed by atoms with van der Waals surface area (Å²) in [5.41, 5.74) is 1.96. The molecule has 0 radical (unpaired) electrons. The first-order chi connectivity index (χ1) is 7.78. The van der Waals surface area contributed by atoms with Gasteiger partial charge in [-0.2, -0.15) is 0 Å². The number of benzene rings is 1. The Morgan fingerprint density at radius 2 is 1.81 bits per heavy atom. The zero-order valence-corrected chi connectivity index (χ0v) is 9.27. The molecule has 0 unspecified atom stereocenters. The molecule has 0 aliphatic carbocycles. The average Bonchev–Trinajstić information content (AvgIpc) is 2.29. The monoisotopic (exact) mass is 214 g/mol. The first-order valence-corrected chi connectivity index (χ1v) is 5.45. The Hall–Kier alpha value is -1.83. The van der Waals surface area contributed by atoms with Crippen LogP contribution in [0.5, 0.6) is 0 Å². The van der Waals surface area contributed by atoms with Crippen LogP contribution in [0.25, 0.3) is 0 Å². The maximum atomic E-state index is 11.3. The van der Waals surface area contributed by atoms with Gasteiger partial charge in [0, 0.05) is 12.5 Å². The van der Waals surface area contributed by atoms with Gasteiger partial charge in [0.25, 0.3) is 0 Å². The molecule has 0 amide bonds. The van der Waals surface area contributed by atoms with Crippen LogP contribution < -0.4 is 5.63 Å². The second-order valence-electron chi connectivity index (χ2n) is 3.77. The van der Waals surface area contributed by atoms with Crippen molar-refractivity contribution in [2.24, 2.45) is 0 Å². The first-order valence-electron chi connectivity index (χ1n) is 5.45. The minimum atomic E-state index is -0.259. The van der Waals surface area contributed by atoms with Crippen LogP contribution in [-0.2, 0) is 12.8 Å². The van der Waals surface area contributed by atoms with E-state index in [9.17, 15) is 4.79 Å². The summed E-state index contributed by atoms with van der Waals surface area (Å²) in [6.07, 6.45) is 1.53. The van der Waals surface area contributed by atoms with Crippen molar-refractivity contribution in [3.8, 4) is 0 Å². The van der Waals surface area contributed by atoms with Gasteiger partial charge in [-0.1, -0.05) is 37.3 Å². The Morgan fingerprint density at radius 3 is 2.50 bits per heavy atom. The van der Waals surface area contributed by atoms with E-state index in [1.54, 1.807) is 6.07 Å². The zero-order chi connectivity index (χ0) is 11.4. The average molecular weight is 214 g/mol. The van der Waals surface area contributed by atoms with Crippen molar-refractivity contribution in [2.75, 3.05) is 0 Å². The molecule has 0 N–H and O–H groups in total. The molecule has 2 aromatic rings. The minimum Gasteiger partial charge on any atom is -0.428 e. The predicted octanol–water partition coefficient (Wildman–Crippen LogP) is 2.79. The van der Waals surface area contributed by atoms with E-state index in [1.165, 1.54) is 5.56 Å². The highest BCUT2D eigenvalue weighted by atomic mass is 16.4. The molecule has 1 aromatic carbocycles. The van der Waals surface area contributed by atoms with Gasteiger partial charge in [0.2, 0.25) is 0 Å². The Bertz CT molecular complexity index is 512. The van der Waals surface area contributed by atoms with Crippen LogP contribution >= 0.6 is 0 Å². The van der Waals surface area contributed by atoms with Crippen molar-refractivity contribution in [2.45, 2.75) is 19.8 Å². The van der Waals surface area contributed by atoms with Crippen molar-refractivity contribution in [1.82, 2.24) is 0 Å². The summed E-state index contributed by atoms with van der Waals surface area (Å²) in [4.78, 5) is 11.3. The molecule has 2 nitrogen and oxygen atoms in total. The highest BCUT2D eigenvalue weighted by Gasteiger charge is 2.01. The molecule has 0 aliphatic rings. The third-order valence-corrected chi connectivity index (χ3v) is 2.48. The van der Waals surface area contributed by atoms with E-state index < -0.39 is 0 Å². The SMILES string of the molecule is CCc1cc(Cc2ccccc2)cc(=O)o1. The zero-order valence-electron chi connectivity index (χ0n) is 9.27. The second-order valence-corrected chi connectivity index (χ2v) is 3.77. The molecular weight excluding hydrogens is 200 g/mol. The van der Waals surface area contributed by atoms with E-state index in [-0.39, 0.29) is 5.63 Å². The molecule has 0 fully saturated rings. The third kappa shape index (κ3) is 2.60. The molecular formula is C14H14O2. The maximum Gasteiger partial charge on any atom is 0.336 e. The Kier molecular flexibility index (Phi) is 3.20. The molecule has 0 bridgehead atoms. The van der Waals surface area contributed by atoms with Crippen LogP contribution in [0.1, 0.15) is 23.8 Å². The molecule has 1 heterocycles. The molecule has 2 rings (SSSR count). The van der Waals surface area contributed by atoms with Crippen molar-refractivity contribution >= 4 is 0 Å². The van der Waals surface area contributed by atoms with E-state index in [0.29, 0.717) is 0 Å². The molecule has 0 saturated heterocycles. The van der Waals surface area contributed by atoms with Crippen LogP contribution in [0.15, 0.2) is 51.7 Å². The van der Waals surface area contributed by atoms with Gasteiger partial charge in [-0.15, -0.1) is 0 Å². The van der Waals surface area contributed by atoms with E-state index in [2.05, 4.69) is 12.1 Å². The molecule has 0 atom stereocenters. The van der Waals surface area contributed by atoms with E-state index >= 15 is 0 Å². The summed E-state index contributed by atoms with van der Waals surface area (Å²) in [6, 6.07) is 13.6. The van der Waals surface area contributed by atoms with Crippen LogP contribution in [0.4, 0.5) is 0 Å².